The van der Waals surface area contributed by atoms with E-state index in [4.69, 9.17) is 23.2 Å². The number of hydrogen-bond donors (Lipinski definition) is 1. The summed E-state index contributed by atoms with van der Waals surface area (Å²) < 4.78 is 27.1. The van der Waals surface area contributed by atoms with Gasteiger partial charge in [0.2, 0.25) is 10.0 Å². The topological polar surface area (TPSA) is 74.7 Å². The van der Waals surface area contributed by atoms with E-state index in [1.165, 1.54) is 25.1 Å². The van der Waals surface area contributed by atoms with E-state index in [-0.39, 0.29) is 21.5 Å². The lowest BCUT2D eigenvalue weighted by atomic mass is 9.93. The van der Waals surface area contributed by atoms with Crippen LogP contribution in [0.15, 0.2) is 47.4 Å². The maximum atomic E-state index is 13.1. The summed E-state index contributed by atoms with van der Waals surface area (Å²) in [4.78, 5) is 11.8. The Hall–Kier alpha value is -1.60. The molecule has 2 aromatic carbocycles. The van der Waals surface area contributed by atoms with Crippen molar-refractivity contribution in [3.63, 3.8) is 0 Å². The molecule has 0 radical (unpaired) electrons. The van der Waals surface area contributed by atoms with Crippen molar-refractivity contribution in [3.8, 4) is 0 Å². The third kappa shape index (κ3) is 2.50. The number of carbonyl (C=O) groups is 1. The van der Waals surface area contributed by atoms with E-state index in [0.29, 0.717) is 11.1 Å². The SMILES string of the molecule is CC1(C(=O)O)c2ccccc2CN1S(=O)(=O)c1cc(Cl)cc(Cl)c1. The molecule has 0 bridgehead atoms. The number of carboxylic acid groups (broad SMARTS) is 1. The Balaban J connectivity index is 2.20. The molecular weight excluding hydrogens is 373 g/mol. The lowest BCUT2D eigenvalue weighted by Gasteiger charge is -2.31. The Morgan fingerprint density at radius 2 is 1.75 bits per heavy atom. The van der Waals surface area contributed by atoms with Gasteiger partial charge in [0.15, 0.2) is 5.54 Å². The molecule has 0 fully saturated rings. The van der Waals surface area contributed by atoms with Crippen LogP contribution in [0.1, 0.15) is 18.1 Å². The maximum absolute atomic E-state index is 13.1. The molecule has 0 saturated carbocycles. The quantitative estimate of drug-likeness (QED) is 0.876. The van der Waals surface area contributed by atoms with E-state index in [1.54, 1.807) is 24.3 Å². The molecule has 3 rings (SSSR count). The Kier molecular flexibility index (Phi) is 4.12. The minimum Gasteiger partial charge on any atom is -0.480 e. The van der Waals surface area contributed by atoms with Crippen molar-refractivity contribution in [1.29, 1.82) is 0 Å². The summed E-state index contributed by atoms with van der Waals surface area (Å²) in [7, 11) is -4.12. The molecule has 2 aromatic rings. The average molecular weight is 386 g/mol. The second kappa shape index (κ2) is 5.74. The van der Waals surface area contributed by atoms with E-state index in [2.05, 4.69) is 0 Å². The second-order valence-electron chi connectivity index (χ2n) is 5.65. The number of halogens is 2. The summed E-state index contributed by atoms with van der Waals surface area (Å²) in [6.45, 7) is 1.34. The summed E-state index contributed by atoms with van der Waals surface area (Å²) in [5.74, 6) is -1.25. The Morgan fingerprint density at radius 1 is 1.17 bits per heavy atom. The van der Waals surface area contributed by atoms with Gasteiger partial charge in [-0.25, -0.2) is 13.2 Å². The van der Waals surface area contributed by atoms with Crippen LogP contribution in [-0.2, 0) is 26.9 Å². The highest BCUT2D eigenvalue weighted by atomic mass is 35.5. The lowest BCUT2D eigenvalue weighted by molar-refractivity contribution is -0.147. The van der Waals surface area contributed by atoms with E-state index in [0.717, 1.165) is 4.31 Å². The molecule has 0 saturated heterocycles. The summed E-state index contributed by atoms with van der Waals surface area (Å²) >= 11 is 11.8. The van der Waals surface area contributed by atoms with Crippen LogP contribution in [0.4, 0.5) is 0 Å². The minimum absolute atomic E-state index is 0.0363. The molecule has 0 aliphatic carbocycles. The molecule has 1 atom stereocenters. The first-order valence-corrected chi connectivity index (χ1v) is 9.17. The maximum Gasteiger partial charge on any atom is 0.329 e. The van der Waals surface area contributed by atoms with Crippen LogP contribution < -0.4 is 0 Å². The molecule has 0 aromatic heterocycles. The van der Waals surface area contributed by atoms with Crippen LogP contribution in [0.3, 0.4) is 0 Å². The number of aliphatic carboxylic acids is 1. The van der Waals surface area contributed by atoms with Crippen LogP contribution in [0.25, 0.3) is 0 Å². The average Bonchev–Trinajstić information content (AvgIpc) is 2.82. The molecule has 1 aliphatic rings. The molecule has 5 nitrogen and oxygen atoms in total. The predicted molar refractivity (Wildman–Crippen MR) is 90.6 cm³/mol. The van der Waals surface area contributed by atoms with Gasteiger partial charge >= 0.3 is 5.97 Å². The van der Waals surface area contributed by atoms with Crippen LogP contribution in [-0.4, -0.2) is 23.8 Å². The van der Waals surface area contributed by atoms with Crippen molar-refractivity contribution in [1.82, 2.24) is 4.31 Å². The van der Waals surface area contributed by atoms with Gasteiger partial charge in [0, 0.05) is 16.6 Å². The van der Waals surface area contributed by atoms with Crippen molar-refractivity contribution in [3.05, 3.63) is 63.6 Å². The summed E-state index contributed by atoms with van der Waals surface area (Å²) in [6.07, 6.45) is 0. The third-order valence-corrected chi connectivity index (χ3v) is 6.54. The van der Waals surface area contributed by atoms with E-state index in [1.807, 2.05) is 0 Å². The second-order valence-corrected chi connectivity index (χ2v) is 8.39. The number of carboxylic acids is 1. The molecule has 24 heavy (non-hydrogen) atoms. The summed E-state index contributed by atoms with van der Waals surface area (Å²) in [5, 5.41) is 10.1. The molecule has 0 spiro atoms. The zero-order valence-corrected chi connectivity index (χ0v) is 14.9. The van der Waals surface area contributed by atoms with E-state index >= 15 is 0 Å². The Bertz CT molecular complexity index is 925. The van der Waals surface area contributed by atoms with Crippen molar-refractivity contribution in [2.75, 3.05) is 0 Å². The lowest BCUT2D eigenvalue weighted by Crippen LogP contribution is -2.48. The largest absolute Gasteiger partial charge is 0.480 e. The smallest absolute Gasteiger partial charge is 0.329 e. The van der Waals surface area contributed by atoms with Gasteiger partial charge in [0.05, 0.1) is 4.90 Å². The monoisotopic (exact) mass is 385 g/mol. The van der Waals surface area contributed by atoms with Gasteiger partial charge in [-0.2, -0.15) is 4.31 Å². The zero-order chi connectivity index (χ0) is 17.7. The van der Waals surface area contributed by atoms with Gasteiger partial charge in [-0.15, -0.1) is 0 Å². The molecule has 1 aliphatic heterocycles. The number of hydrogen-bond acceptors (Lipinski definition) is 3. The summed E-state index contributed by atoms with van der Waals surface area (Å²) in [5.41, 5.74) is -0.599. The van der Waals surface area contributed by atoms with Crippen LogP contribution in [0.5, 0.6) is 0 Å². The van der Waals surface area contributed by atoms with Crippen LogP contribution in [0, 0.1) is 0 Å². The highest BCUT2D eigenvalue weighted by Gasteiger charge is 2.53. The van der Waals surface area contributed by atoms with Crippen LogP contribution in [0.2, 0.25) is 10.0 Å². The normalized spacial score (nSPS) is 20.8. The third-order valence-electron chi connectivity index (χ3n) is 4.20. The van der Waals surface area contributed by atoms with Crippen molar-refractivity contribution in [2.24, 2.45) is 0 Å². The first-order chi connectivity index (χ1) is 11.2. The van der Waals surface area contributed by atoms with E-state index < -0.39 is 21.5 Å². The van der Waals surface area contributed by atoms with Crippen molar-refractivity contribution < 1.29 is 18.3 Å². The van der Waals surface area contributed by atoms with Gasteiger partial charge < -0.3 is 5.11 Å². The number of benzene rings is 2. The molecule has 0 amide bonds. The fourth-order valence-electron chi connectivity index (χ4n) is 2.93. The van der Waals surface area contributed by atoms with Crippen molar-refractivity contribution >= 4 is 39.2 Å². The predicted octanol–water partition coefficient (Wildman–Crippen LogP) is 3.50. The first kappa shape index (κ1) is 17.2. The molecule has 1 N–H and O–H groups in total. The molecule has 1 heterocycles. The Morgan fingerprint density at radius 3 is 2.33 bits per heavy atom. The van der Waals surface area contributed by atoms with E-state index in [9.17, 15) is 18.3 Å². The minimum atomic E-state index is -4.12. The zero-order valence-electron chi connectivity index (χ0n) is 12.5. The fourth-order valence-corrected chi connectivity index (χ4v) is 5.36. The van der Waals surface area contributed by atoms with Gasteiger partial charge in [-0.05, 0) is 36.2 Å². The number of rotatable bonds is 3. The fraction of sp³-hybridized carbons (Fsp3) is 0.188. The molecule has 8 heteroatoms. The highest BCUT2D eigenvalue weighted by Crippen LogP contribution is 2.43. The number of sulfonamides is 1. The molecular formula is C16H13Cl2NO4S. The number of nitrogens with zero attached hydrogens (tertiary/aromatic N) is 1. The molecule has 1 unspecified atom stereocenters. The van der Waals surface area contributed by atoms with Gasteiger partial charge in [-0.1, -0.05) is 47.5 Å². The van der Waals surface area contributed by atoms with Gasteiger partial charge in [0.25, 0.3) is 0 Å². The van der Waals surface area contributed by atoms with Crippen molar-refractivity contribution in [2.45, 2.75) is 23.9 Å². The van der Waals surface area contributed by atoms with Gasteiger partial charge in [-0.3, -0.25) is 0 Å². The standard InChI is InChI=1S/C16H13Cl2NO4S/c1-16(15(20)21)14-5-3-2-4-10(14)9-19(16)24(22,23)13-7-11(17)6-12(18)8-13/h2-8H,9H2,1H3,(H,20,21). The van der Waals surface area contributed by atoms with Crippen LogP contribution >= 0.6 is 23.2 Å². The highest BCUT2D eigenvalue weighted by molar-refractivity contribution is 7.89. The van der Waals surface area contributed by atoms with Gasteiger partial charge in [0.1, 0.15) is 0 Å². The first-order valence-electron chi connectivity index (χ1n) is 6.98. The molecule has 126 valence electrons. The Labute approximate surface area is 149 Å². The summed E-state index contributed by atoms with van der Waals surface area (Å²) in [6, 6.07) is 10.7. The number of fused-ring (bicyclic) bond motifs is 1.